The third kappa shape index (κ3) is 4.63. The van der Waals surface area contributed by atoms with Gasteiger partial charge in [-0.05, 0) is 42.7 Å². The van der Waals surface area contributed by atoms with E-state index in [1.165, 1.54) is 0 Å². The molecule has 1 aliphatic heterocycles. The molecule has 5 heteroatoms. The Kier molecular flexibility index (Phi) is 6.11. The quantitative estimate of drug-likeness (QED) is 0.454. The van der Waals surface area contributed by atoms with Crippen molar-refractivity contribution in [3.05, 3.63) is 95.4 Å². The topological polar surface area (TPSA) is 58.2 Å². The van der Waals surface area contributed by atoms with Crippen molar-refractivity contribution in [1.82, 2.24) is 14.9 Å². The summed E-state index contributed by atoms with van der Waals surface area (Å²) in [6.07, 6.45) is 5.06. The zero-order chi connectivity index (χ0) is 22.6. The molecule has 2 aromatic heterocycles. The lowest BCUT2D eigenvalue weighted by molar-refractivity contribution is -0.131. The molecule has 0 atom stereocenters. The van der Waals surface area contributed by atoms with Crippen LogP contribution in [0.1, 0.15) is 41.3 Å². The van der Waals surface area contributed by atoms with E-state index in [0.29, 0.717) is 12.3 Å². The molecule has 1 fully saturated rings. The third-order valence-corrected chi connectivity index (χ3v) is 6.67. The van der Waals surface area contributed by atoms with Gasteiger partial charge in [-0.2, -0.15) is 0 Å². The van der Waals surface area contributed by atoms with E-state index >= 15 is 0 Å². The van der Waals surface area contributed by atoms with E-state index < -0.39 is 0 Å². The second-order valence-electron chi connectivity index (χ2n) is 8.73. The van der Waals surface area contributed by atoms with E-state index in [-0.39, 0.29) is 5.91 Å². The molecule has 3 heterocycles. The Morgan fingerprint density at radius 2 is 1.79 bits per heavy atom. The Morgan fingerprint density at radius 1 is 1.00 bits per heavy atom. The number of piperidine rings is 1. The van der Waals surface area contributed by atoms with E-state index in [4.69, 9.17) is 9.72 Å². The van der Waals surface area contributed by atoms with Gasteiger partial charge >= 0.3 is 0 Å². The van der Waals surface area contributed by atoms with Gasteiger partial charge in [0.25, 0.3) is 0 Å². The predicted molar refractivity (Wildman–Crippen MR) is 131 cm³/mol. The summed E-state index contributed by atoms with van der Waals surface area (Å²) in [6, 6.07) is 22.5. The van der Waals surface area contributed by atoms with Crippen LogP contribution in [0.3, 0.4) is 0 Å². The van der Waals surface area contributed by atoms with Crippen LogP contribution in [0.5, 0.6) is 5.75 Å². The van der Waals surface area contributed by atoms with E-state index in [1.54, 1.807) is 7.11 Å². The fourth-order valence-corrected chi connectivity index (χ4v) is 4.85. The number of carbonyl (C=O) groups is 1. The largest absolute Gasteiger partial charge is 0.496 e. The molecule has 0 unspecified atom stereocenters. The van der Waals surface area contributed by atoms with Crippen LogP contribution in [0.2, 0.25) is 0 Å². The van der Waals surface area contributed by atoms with Crippen molar-refractivity contribution in [1.29, 1.82) is 0 Å². The van der Waals surface area contributed by atoms with Crippen LogP contribution >= 0.6 is 0 Å². The average molecular weight is 440 g/mol. The van der Waals surface area contributed by atoms with Crippen molar-refractivity contribution in [2.75, 3.05) is 20.2 Å². The summed E-state index contributed by atoms with van der Waals surface area (Å²) in [4.78, 5) is 23.2. The molecule has 1 saturated heterocycles. The number of aromatic amines is 1. The van der Waals surface area contributed by atoms with E-state index in [0.717, 1.165) is 71.5 Å². The lowest BCUT2D eigenvalue weighted by Gasteiger charge is -2.32. The minimum atomic E-state index is 0.205. The number of hydrogen-bond acceptors (Lipinski definition) is 3. The summed E-state index contributed by atoms with van der Waals surface area (Å²) in [5.74, 6) is 1.49. The zero-order valence-electron chi connectivity index (χ0n) is 19.0. The van der Waals surface area contributed by atoms with Gasteiger partial charge in [-0.1, -0.05) is 42.5 Å². The number of nitrogens with one attached hydrogen (secondary N) is 1. The summed E-state index contributed by atoms with van der Waals surface area (Å²) >= 11 is 0. The number of ether oxygens (including phenoxy) is 1. The lowest BCUT2D eigenvalue weighted by Crippen LogP contribution is -2.38. The number of para-hydroxylation sites is 2. The maximum atomic E-state index is 13.0. The van der Waals surface area contributed by atoms with Gasteiger partial charge in [-0.3, -0.25) is 9.78 Å². The first kappa shape index (κ1) is 21.3. The van der Waals surface area contributed by atoms with Gasteiger partial charge in [0.1, 0.15) is 5.75 Å². The van der Waals surface area contributed by atoms with Gasteiger partial charge in [0.05, 0.1) is 13.5 Å². The molecule has 0 aliphatic carbocycles. The standard InChI is InChI=1S/C28H29N3O2/c1-33-27-12-5-2-7-21(27)17-23-8-6-11-25(30-23)20-13-15-31(16-14-20)28(32)18-22-19-29-26-10-4-3-9-24(22)26/h2-12,19-20,29H,13-18H2,1H3. The summed E-state index contributed by atoms with van der Waals surface area (Å²) < 4.78 is 5.49. The second-order valence-corrected chi connectivity index (χ2v) is 8.73. The van der Waals surface area contributed by atoms with Crippen molar-refractivity contribution >= 4 is 16.8 Å². The van der Waals surface area contributed by atoms with Crippen LogP contribution in [0.15, 0.2) is 72.9 Å². The number of rotatable bonds is 6. The van der Waals surface area contributed by atoms with Crippen LogP contribution < -0.4 is 4.74 Å². The molecule has 5 nitrogen and oxygen atoms in total. The minimum Gasteiger partial charge on any atom is -0.496 e. The number of likely N-dealkylation sites (tertiary alicyclic amines) is 1. The van der Waals surface area contributed by atoms with E-state index in [2.05, 4.69) is 35.3 Å². The molecule has 33 heavy (non-hydrogen) atoms. The molecule has 4 aromatic rings. The number of amides is 1. The molecule has 1 N–H and O–H groups in total. The van der Waals surface area contributed by atoms with Crippen molar-refractivity contribution < 1.29 is 9.53 Å². The molecule has 1 aliphatic rings. The molecule has 0 spiro atoms. The highest BCUT2D eigenvalue weighted by Crippen LogP contribution is 2.28. The predicted octanol–water partition coefficient (Wildman–Crippen LogP) is 5.11. The fraction of sp³-hybridized carbons (Fsp3) is 0.286. The second kappa shape index (κ2) is 9.49. The monoisotopic (exact) mass is 439 g/mol. The summed E-state index contributed by atoms with van der Waals surface area (Å²) in [5.41, 5.74) is 5.48. The summed E-state index contributed by atoms with van der Waals surface area (Å²) in [5, 5.41) is 1.14. The van der Waals surface area contributed by atoms with Crippen LogP contribution in [0.25, 0.3) is 10.9 Å². The molecule has 0 saturated carbocycles. The van der Waals surface area contributed by atoms with Crippen molar-refractivity contribution in [2.45, 2.75) is 31.6 Å². The van der Waals surface area contributed by atoms with Gasteiger partial charge < -0.3 is 14.6 Å². The highest BCUT2D eigenvalue weighted by molar-refractivity contribution is 5.88. The number of H-pyrrole nitrogens is 1. The first-order chi connectivity index (χ1) is 16.2. The fourth-order valence-electron chi connectivity index (χ4n) is 4.85. The van der Waals surface area contributed by atoms with Crippen molar-refractivity contribution in [2.24, 2.45) is 0 Å². The van der Waals surface area contributed by atoms with Crippen LogP contribution in [-0.2, 0) is 17.6 Å². The third-order valence-electron chi connectivity index (χ3n) is 6.67. The molecule has 5 rings (SSSR count). The number of pyridine rings is 1. The Hall–Kier alpha value is -3.60. The molecular formula is C28H29N3O2. The van der Waals surface area contributed by atoms with Crippen molar-refractivity contribution in [3.8, 4) is 5.75 Å². The lowest BCUT2D eigenvalue weighted by atomic mass is 9.92. The Bertz CT molecular complexity index is 1250. The number of carbonyl (C=O) groups excluding carboxylic acids is 1. The Morgan fingerprint density at radius 3 is 2.64 bits per heavy atom. The van der Waals surface area contributed by atoms with E-state index in [9.17, 15) is 4.79 Å². The van der Waals surface area contributed by atoms with Gasteiger partial charge in [-0.15, -0.1) is 0 Å². The summed E-state index contributed by atoms with van der Waals surface area (Å²) in [7, 11) is 1.70. The SMILES string of the molecule is COc1ccccc1Cc1cccc(C2CCN(C(=O)Cc3c[nH]c4ccccc34)CC2)n1. The smallest absolute Gasteiger partial charge is 0.227 e. The highest BCUT2D eigenvalue weighted by Gasteiger charge is 2.25. The van der Waals surface area contributed by atoms with E-state index in [1.807, 2.05) is 47.5 Å². The van der Waals surface area contributed by atoms with Gasteiger partial charge in [0.2, 0.25) is 5.91 Å². The molecular weight excluding hydrogens is 410 g/mol. The number of nitrogens with zero attached hydrogens (tertiary/aromatic N) is 2. The number of benzene rings is 2. The number of hydrogen-bond donors (Lipinski definition) is 1. The van der Waals surface area contributed by atoms with Crippen LogP contribution in [0.4, 0.5) is 0 Å². The van der Waals surface area contributed by atoms with Gasteiger partial charge in [-0.25, -0.2) is 0 Å². The Labute approximate surface area is 194 Å². The number of aromatic nitrogens is 2. The zero-order valence-corrected chi connectivity index (χ0v) is 19.0. The Balaban J connectivity index is 1.21. The first-order valence-electron chi connectivity index (χ1n) is 11.6. The normalized spacial score (nSPS) is 14.5. The molecule has 2 aromatic carbocycles. The maximum absolute atomic E-state index is 13.0. The highest BCUT2D eigenvalue weighted by atomic mass is 16.5. The molecule has 0 radical (unpaired) electrons. The number of methoxy groups -OCH3 is 1. The molecule has 1 amide bonds. The number of fused-ring (bicyclic) bond motifs is 1. The van der Waals surface area contributed by atoms with Gasteiger partial charge in [0, 0.05) is 59.5 Å². The van der Waals surface area contributed by atoms with Crippen molar-refractivity contribution in [3.63, 3.8) is 0 Å². The molecule has 0 bridgehead atoms. The average Bonchev–Trinajstić information content (AvgIpc) is 3.27. The minimum absolute atomic E-state index is 0.205. The van der Waals surface area contributed by atoms with Gasteiger partial charge in [0.15, 0.2) is 0 Å². The maximum Gasteiger partial charge on any atom is 0.227 e. The molecule has 168 valence electrons. The van der Waals surface area contributed by atoms with Crippen LogP contribution in [-0.4, -0.2) is 41.0 Å². The van der Waals surface area contributed by atoms with Crippen LogP contribution in [0, 0.1) is 0 Å². The first-order valence-corrected chi connectivity index (χ1v) is 11.6. The summed E-state index contributed by atoms with van der Waals surface area (Å²) in [6.45, 7) is 1.56.